The van der Waals surface area contributed by atoms with Crippen LogP contribution in [0.2, 0.25) is 5.02 Å². The predicted molar refractivity (Wildman–Crippen MR) is 163 cm³/mol. The number of esters is 1. The second-order valence-corrected chi connectivity index (χ2v) is 12.3. The molecule has 41 heavy (non-hydrogen) atoms. The van der Waals surface area contributed by atoms with Crippen LogP contribution in [0.15, 0.2) is 48.5 Å². The number of nitrogens with one attached hydrogen (secondary N) is 1. The molecule has 3 heterocycles. The molecule has 0 unspecified atom stereocenters. The highest BCUT2D eigenvalue weighted by atomic mass is 35.5. The number of hydrogen-bond donors (Lipinski definition) is 1. The maximum Gasteiger partial charge on any atom is 0.312 e. The molecule has 5 rings (SSSR count). The zero-order valence-electron chi connectivity index (χ0n) is 24.6. The molecule has 0 radical (unpaired) electrons. The summed E-state index contributed by atoms with van der Waals surface area (Å²) in [7, 11) is 1.64. The van der Waals surface area contributed by atoms with Crippen molar-refractivity contribution >= 4 is 23.4 Å². The number of para-hydroxylation sites is 1. The van der Waals surface area contributed by atoms with Crippen molar-refractivity contribution in [3.05, 3.63) is 75.8 Å². The second kappa shape index (κ2) is 12.4. The number of carbonyl (C=O) groups is 1. The van der Waals surface area contributed by atoms with Gasteiger partial charge in [-0.2, -0.15) is 0 Å². The van der Waals surface area contributed by atoms with Gasteiger partial charge in [-0.05, 0) is 93.6 Å². The van der Waals surface area contributed by atoms with Crippen molar-refractivity contribution in [2.24, 2.45) is 5.92 Å². The molecule has 1 saturated heterocycles. The van der Waals surface area contributed by atoms with Crippen molar-refractivity contribution in [1.82, 2.24) is 10.3 Å². The summed E-state index contributed by atoms with van der Waals surface area (Å²) in [6, 6.07) is 16.2. The van der Waals surface area contributed by atoms with Crippen LogP contribution in [-0.4, -0.2) is 49.4 Å². The van der Waals surface area contributed by atoms with Crippen LogP contribution in [0.3, 0.4) is 0 Å². The summed E-state index contributed by atoms with van der Waals surface area (Å²) in [6.07, 6.45) is 1.36. The molecular formula is C33H40ClN3O4. The molecule has 2 aliphatic heterocycles. The van der Waals surface area contributed by atoms with E-state index in [0.717, 1.165) is 42.1 Å². The fraction of sp³-hybridized carbons (Fsp3) is 0.455. The number of anilines is 1. The molecule has 2 atom stereocenters. The summed E-state index contributed by atoms with van der Waals surface area (Å²) < 4.78 is 17.8. The smallest absolute Gasteiger partial charge is 0.312 e. The number of aryl methyl sites for hydroxylation is 1. The van der Waals surface area contributed by atoms with Crippen LogP contribution in [-0.2, 0) is 33.8 Å². The first kappa shape index (κ1) is 29.4. The summed E-state index contributed by atoms with van der Waals surface area (Å²) >= 11 is 6.68. The Bertz CT molecular complexity index is 1400. The van der Waals surface area contributed by atoms with E-state index in [1.165, 1.54) is 16.7 Å². The largest absolute Gasteiger partial charge is 0.487 e. The zero-order valence-corrected chi connectivity index (χ0v) is 25.4. The predicted octanol–water partition coefficient (Wildman–Crippen LogP) is 6.12. The summed E-state index contributed by atoms with van der Waals surface area (Å²) in [5.41, 5.74) is 6.28. The van der Waals surface area contributed by atoms with Crippen molar-refractivity contribution in [1.29, 1.82) is 0 Å². The molecule has 0 saturated carbocycles. The highest BCUT2D eigenvalue weighted by Crippen LogP contribution is 2.37. The average Bonchev–Trinajstić information content (AvgIpc) is 2.95. The molecule has 3 aromatic rings. The number of benzene rings is 2. The Kier molecular flexibility index (Phi) is 8.88. The Morgan fingerprint density at radius 1 is 1.17 bits per heavy atom. The van der Waals surface area contributed by atoms with Crippen LogP contribution in [0, 0.1) is 12.8 Å². The number of carbonyl (C=O) groups excluding carboxylic acids is 1. The van der Waals surface area contributed by atoms with Crippen molar-refractivity contribution in [3.63, 3.8) is 0 Å². The lowest BCUT2D eigenvalue weighted by Crippen LogP contribution is -2.49. The third-order valence-electron chi connectivity index (χ3n) is 7.75. The maximum atomic E-state index is 12.8. The van der Waals surface area contributed by atoms with Crippen molar-refractivity contribution < 1.29 is 19.0 Å². The van der Waals surface area contributed by atoms with Gasteiger partial charge in [0, 0.05) is 32.3 Å². The van der Waals surface area contributed by atoms with E-state index in [9.17, 15) is 4.79 Å². The number of rotatable bonds is 7. The minimum absolute atomic E-state index is 0.211. The van der Waals surface area contributed by atoms with Gasteiger partial charge < -0.3 is 24.4 Å². The van der Waals surface area contributed by atoms with E-state index in [1.807, 2.05) is 57.2 Å². The van der Waals surface area contributed by atoms with E-state index in [2.05, 4.69) is 29.3 Å². The summed E-state index contributed by atoms with van der Waals surface area (Å²) in [5, 5.41) is 4.00. The summed E-state index contributed by atoms with van der Waals surface area (Å²) in [4.78, 5) is 20.0. The number of nitrogens with zero attached hydrogens (tertiary/aromatic N) is 2. The molecule has 2 aromatic carbocycles. The minimum atomic E-state index is -0.532. The number of halogens is 1. The van der Waals surface area contributed by atoms with Crippen LogP contribution < -0.4 is 15.0 Å². The van der Waals surface area contributed by atoms with Gasteiger partial charge in [0.1, 0.15) is 23.8 Å². The topological polar surface area (TPSA) is 72.9 Å². The average molecular weight is 578 g/mol. The van der Waals surface area contributed by atoms with E-state index in [-0.39, 0.29) is 18.0 Å². The van der Waals surface area contributed by atoms with E-state index in [0.29, 0.717) is 36.9 Å². The first-order valence-electron chi connectivity index (χ1n) is 14.3. The lowest BCUT2D eigenvalue weighted by molar-refractivity contribution is -0.165. The molecule has 8 heteroatoms. The van der Waals surface area contributed by atoms with Crippen molar-refractivity contribution in [3.8, 4) is 17.0 Å². The molecule has 1 N–H and O–H groups in total. The lowest BCUT2D eigenvalue weighted by atomic mass is 9.93. The van der Waals surface area contributed by atoms with Gasteiger partial charge in [0.25, 0.3) is 0 Å². The second-order valence-electron chi connectivity index (χ2n) is 11.9. The Hall–Kier alpha value is -3.13. The highest BCUT2D eigenvalue weighted by molar-refractivity contribution is 6.32. The molecule has 1 fully saturated rings. The van der Waals surface area contributed by atoms with Crippen LogP contribution >= 0.6 is 11.6 Å². The first-order valence-corrected chi connectivity index (χ1v) is 14.7. The quantitative estimate of drug-likeness (QED) is 0.339. The number of methoxy groups -OCH3 is 1. The van der Waals surface area contributed by atoms with E-state index in [1.54, 1.807) is 7.11 Å². The Morgan fingerprint density at radius 2 is 1.98 bits per heavy atom. The molecule has 218 valence electrons. The number of ether oxygens (including phenoxy) is 3. The Balaban J connectivity index is 1.34. The summed E-state index contributed by atoms with van der Waals surface area (Å²) in [6.45, 7) is 11.4. The molecule has 0 aliphatic carbocycles. The number of fused-ring (bicyclic) bond motifs is 1. The monoisotopic (exact) mass is 577 g/mol. The van der Waals surface area contributed by atoms with E-state index < -0.39 is 5.60 Å². The number of aromatic nitrogens is 1. The van der Waals surface area contributed by atoms with Gasteiger partial charge >= 0.3 is 5.97 Å². The Morgan fingerprint density at radius 3 is 2.76 bits per heavy atom. The maximum absolute atomic E-state index is 12.8. The van der Waals surface area contributed by atoms with Gasteiger partial charge in [-0.25, -0.2) is 4.98 Å². The molecule has 1 aromatic heterocycles. The lowest BCUT2D eigenvalue weighted by Gasteiger charge is -2.38. The van der Waals surface area contributed by atoms with E-state index in [4.69, 9.17) is 30.8 Å². The van der Waals surface area contributed by atoms with Gasteiger partial charge in [0.2, 0.25) is 0 Å². The number of pyridine rings is 1. The van der Waals surface area contributed by atoms with Gasteiger partial charge in [0.05, 0.1) is 22.7 Å². The van der Waals surface area contributed by atoms with Crippen LogP contribution in [0.25, 0.3) is 11.3 Å². The molecule has 0 spiro atoms. The van der Waals surface area contributed by atoms with Crippen LogP contribution in [0.5, 0.6) is 5.75 Å². The van der Waals surface area contributed by atoms with Crippen LogP contribution in [0.1, 0.15) is 49.4 Å². The third-order valence-corrected chi connectivity index (χ3v) is 8.05. The van der Waals surface area contributed by atoms with Crippen LogP contribution in [0.4, 0.5) is 5.82 Å². The standard InChI is InChI=1S/C33H40ClN3O4/c1-21-16-22(17-23-12-14-35-18-26(21)23)20-40-31-24(8-6-9-27(31)34)28-10-7-11-30(36-28)37-15-13-25(29(19-37)39-5)32(38)41-33(2,3)4/h6-11,16-17,25,29,35H,12-15,18-20H2,1-5H3/t25-,29+/m1/s1. The number of hydrogen-bond acceptors (Lipinski definition) is 7. The summed E-state index contributed by atoms with van der Waals surface area (Å²) in [5.74, 6) is 0.915. The molecule has 0 bridgehead atoms. The fourth-order valence-corrected chi connectivity index (χ4v) is 5.97. The zero-order chi connectivity index (χ0) is 29.1. The highest BCUT2D eigenvalue weighted by Gasteiger charge is 2.37. The van der Waals surface area contributed by atoms with Crippen molar-refractivity contribution in [2.75, 3.05) is 31.6 Å². The Labute approximate surface area is 248 Å². The third kappa shape index (κ3) is 6.85. The van der Waals surface area contributed by atoms with E-state index >= 15 is 0 Å². The van der Waals surface area contributed by atoms with Gasteiger partial charge in [-0.3, -0.25) is 4.79 Å². The first-order chi connectivity index (χ1) is 19.6. The fourth-order valence-electron chi connectivity index (χ4n) is 5.74. The minimum Gasteiger partial charge on any atom is -0.487 e. The normalized spacial score (nSPS) is 19.0. The molecule has 0 amide bonds. The van der Waals surface area contributed by atoms with Gasteiger partial charge in [-0.1, -0.05) is 35.9 Å². The van der Waals surface area contributed by atoms with Gasteiger partial charge in [-0.15, -0.1) is 0 Å². The van der Waals surface area contributed by atoms with Gasteiger partial charge in [0.15, 0.2) is 0 Å². The molecule has 2 aliphatic rings. The SMILES string of the molecule is CO[C@H]1CN(c2cccc(-c3cccc(Cl)c3OCc3cc(C)c4c(c3)CCNC4)n2)CC[C@H]1C(=O)OC(C)(C)C. The molecule has 7 nitrogen and oxygen atoms in total. The molecular weight excluding hydrogens is 538 g/mol. The van der Waals surface area contributed by atoms with Crippen molar-refractivity contribution in [2.45, 2.75) is 65.4 Å². The number of piperidine rings is 1.